The summed E-state index contributed by atoms with van der Waals surface area (Å²) in [5.74, 6) is 0.691. The fourth-order valence-electron chi connectivity index (χ4n) is 2.14. The van der Waals surface area contributed by atoms with Crippen molar-refractivity contribution < 1.29 is 9.50 Å². The molecule has 0 aliphatic heterocycles. The van der Waals surface area contributed by atoms with Crippen LogP contribution >= 0.6 is 0 Å². The van der Waals surface area contributed by atoms with Crippen molar-refractivity contribution in [3.05, 3.63) is 35.6 Å². The molecule has 2 nitrogen and oxygen atoms in total. The number of benzene rings is 1. The van der Waals surface area contributed by atoms with Crippen LogP contribution in [0.25, 0.3) is 0 Å². The van der Waals surface area contributed by atoms with Crippen LogP contribution in [-0.4, -0.2) is 17.8 Å². The molecule has 1 aliphatic carbocycles. The Morgan fingerprint density at radius 1 is 1.28 bits per heavy atom. The predicted octanol–water partition coefficient (Wildman–Crippen LogP) is 2.88. The summed E-state index contributed by atoms with van der Waals surface area (Å²) < 4.78 is 12.9. The number of hydrogen-bond donors (Lipinski definition) is 2. The maximum absolute atomic E-state index is 12.9. The summed E-state index contributed by atoms with van der Waals surface area (Å²) in [4.78, 5) is 0. The summed E-state index contributed by atoms with van der Waals surface area (Å²) in [6, 6.07) is 6.94. The number of rotatable bonds is 6. The molecule has 0 aromatic heterocycles. The van der Waals surface area contributed by atoms with E-state index >= 15 is 0 Å². The summed E-state index contributed by atoms with van der Waals surface area (Å²) in [5.41, 5.74) is 1.12. The van der Waals surface area contributed by atoms with Gasteiger partial charge in [0.1, 0.15) is 5.82 Å². The Morgan fingerprint density at radius 3 is 2.39 bits per heavy atom. The quantitative estimate of drug-likeness (QED) is 0.815. The van der Waals surface area contributed by atoms with E-state index < -0.39 is 0 Å². The Labute approximate surface area is 108 Å². The molecule has 0 saturated heterocycles. The van der Waals surface area contributed by atoms with Crippen LogP contribution in [0, 0.1) is 17.7 Å². The van der Waals surface area contributed by atoms with Crippen molar-refractivity contribution in [1.82, 2.24) is 5.32 Å². The van der Waals surface area contributed by atoms with Crippen molar-refractivity contribution in [3.63, 3.8) is 0 Å². The monoisotopic (exact) mass is 251 g/mol. The van der Waals surface area contributed by atoms with Gasteiger partial charge in [-0.05, 0) is 42.4 Å². The van der Waals surface area contributed by atoms with Crippen LogP contribution in [0.15, 0.2) is 24.3 Å². The van der Waals surface area contributed by atoms with Gasteiger partial charge >= 0.3 is 0 Å². The first kappa shape index (κ1) is 13.5. The molecule has 100 valence electrons. The van der Waals surface area contributed by atoms with Crippen LogP contribution in [0.3, 0.4) is 0 Å². The molecule has 0 amide bonds. The zero-order valence-corrected chi connectivity index (χ0v) is 11.1. The lowest BCUT2D eigenvalue weighted by atomic mass is 10.0. The molecule has 0 heterocycles. The van der Waals surface area contributed by atoms with Crippen molar-refractivity contribution in [3.8, 4) is 0 Å². The van der Waals surface area contributed by atoms with Gasteiger partial charge < -0.3 is 10.4 Å². The van der Waals surface area contributed by atoms with Crippen LogP contribution in [-0.2, 0) is 0 Å². The SMILES string of the molecule is CC(C)C(O)CNC(c1ccc(F)cc1)C1CC1. The topological polar surface area (TPSA) is 32.3 Å². The highest BCUT2D eigenvalue weighted by Gasteiger charge is 2.32. The van der Waals surface area contributed by atoms with E-state index in [2.05, 4.69) is 5.32 Å². The molecule has 1 fully saturated rings. The van der Waals surface area contributed by atoms with E-state index in [1.165, 1.54) is 25.0 Å². The second kappa shape index (κ2) is 5.81. The second-order valence-corrected chi connectivity index (χ2v) is 5.59. The largest absolute Gasteiger partial charge is 0.392 e. The smallest absolute Gasteiger partial charge is 0.123 e. The van der Waals surface area contributed by atoms with Gasteiger partial charge in [-0.15, -0.1) is 0 Å². The Balaban J connectivity index is 1.98. The molecule has 2 N–H and O–H groups in total. The average Bonchev–Trinajstić information content (AvgIpc) is 3.15. The molecule has 0 spiro atoms. The molecule has 2 atom stereocenters. The minimum Gasteiger partial charge on any atom is -0.392 e. The molecular weight excluding hydrogens is 229 g/mol. The van der Waals surface area contributed by atoms with E-state index in [-0.39, 0.29) is 23.9 Å². The number of aliphatic hydroxyl groups is 1. The van der Waals surface area contributed by atoms with Crippen LogP contribution in [0.4, 0.5) is 4.39 Å². The first-order valence-corrected chi connectivity index (χ1v) is 6.75. The number of aliphatic hydroxyl groups excluding tert-OH is 1. The van der Waals surface area contributed by atoms with Gasteiger partial charge in [-0.25, -0.2) is 4.39 Å². The van der Waals surface area contributed by atoms with E-state index in [1.54, 1.807) is 0 Å². The molecule has 1 saturated carbocycles. The normalized spacial score (nSPS) is 18.9. The van der Waals surface area contributed by atoms with Crippen LogP contribution in [0.2, 0.25) is 0 Å². The van der Waals surface area contributed by atoms with Gasteiger partial charge in [-0.1, -0.05) is 26.0 Å². The van der Waals surface area contributed by atoms with Gasteiger partial charge in [0.2, 0.25) is 0 Å². The highest BCUT2D eigenvalue weighted by Crippen LogP contribution is 2.41. The third-order valence-electron chi connectivity index (χ3n) is 3.64. The van der Waals surface area contributed by atoms with E-state index in [0.717, 1.165) is 5.56 Å². The summed E-state index contributed by atoms with van der Waals surface area (Å²) in [5, 5.41) is 13.3. The zero-order chi connectivity index (χ0) is 13.1. The van der Waals surface area contributed by atoms with E-state index in [1.807, 2.05) is 26.0 Å². The molecule has 18 heavy (non-hydrogen) atoms. The molecule has 1 aromatic carbocycles. The van der Waals surface area contributed by atoms with Crippen LogP contribution in [0.1, 0.15) is 38.3 Å². The highest BCUT2D eigenvalue weighted by molar-refractivity contribution is 5.22. The van der Waals surface area contributed by atoms with Gasteiger partial charge in [0.15, 0.2) is 0 Å². The van der Waals surface area contributed by atoms with Crippen molar-refractivity contribution in [2.75, 3.05) is 6.54 Å². The van der Waals surface area contributed by atoms with Crippen molar-refractivity contribution in [2.45, 2.75) is 38.8 Å². The van der Waals surface area contributed by atoms with Crippen molar-refractivity contribution >= 4 is 0 Å². The molecule has 1 aliphatic rings. The Kier molecular flexibility index (Phi) is 4.36. The minimum atomic E-state index is -0.327. The first-order valence-electron chi connectivity index (χ1n) is 6.75. The van der Waals surface area contributed by atoms with Crippen LogP contribution in [0.5, 0.6) is 0 Å². The van der Waals surface area contributed by atoms with Gasteiger partial charge in [0, 0.05) is 12.6 Å². The Morgan fingerprint density at radius 2 is 1.89 bits per heavy atom. The molecule has 1 aromatic rings. The average molecular weight is 251 g/mol. The van der Waals surface area contributed by atoms with E-state index in [4.69, 9.17) is 0 Å². The highest BCUT2D eigenvalue weighted by atomic mass is 19.1. The molecular formula is C15H22FNO. The van der Waals surface area contributed by atoms with Gasteiger partial charge in [-0.3, -0.25) is 0 Å². The maximum atomic E-state index is 12.9. The maximum Gasteiger partial charge on any atom is 0.123 e. The van der Waals surface area contributed by atoms with Gasteiger partial charge in [-0.2, -0.15) is 0 Å². The van der Waals surface area contributed by atoms with Crippen molar-refractivity contribution in [2.24, 2.45) is 11.8 Å². The predicted molar refractivity (Wildman–Crippen MR) is 70.7 cm³/mol. The fraction of sp³-hybridized carbons (Fsp3) is 0.600. The molecule has 0 bridgehead atoms. The Bertz CT molecular complexity index is 373. The second-order valence-electron chi connectivity index (χ2n) is 5.59. The number of halogens is 1. The van der Waals surface area contributed by atoms with E-state index in [9.17, 15) is 9.50 Å². The molecule has 2 unspecified atom stereocenters. The minimum absolute atomic E-state index is 0.199. The van der Waals surface area contributed by atoms with Gasteiger partial charge in [0.25, 0.3) is 0 Å². The number of nitrogens with one attached hydrogen (secondary N) is 1. The van der Waals surface area contributed by atoms with Crippen LogP contribution < -0.4 is 5.32 Å². The molecule has 3 heteroatoms. The third kappa shape index (κ3) is 3.53. The Hall–Kier alpha value is -0.930. The first-order chi connectivity index (χ1) is 8.58. The summed E-state index contributed by atoms with van der Waals surface area (Å²) in [6.45, 7) is 4.61. The third-order valence-corrected chi connectivity index (χ3v) is 3.64. The number of hydrogen-bond acceptors (Lipinski definition) is 2. The zero-order valence-electron chi connectivity index (χ0n) is 11.1. The molecule has 2 rings (SSSR count). The standard InChI is InChI=1S/C15H22FNO/c1-10(2)14(18)9-17-15(11-3-4-11)12-5-7-13(16)8-6-12/h5-8,10-11,14-15,17-18H,3-4,9H2,1-2H3. The summed E-state index contributed by atoms with van der Waals surface area (Å²) >= 11 is 0. The lowest BCUT2D eigenvalue weighted by molar-refractivity contribution is 0.119. The van der Waals surface area contributed by atoms with E-state index in [0.29, 0.717) is 12.5 Å². The fourth-order valence-corrected chi connectivity index (χ4v) is 2.14. The summed E-state index contributed by atoms with van der Waals surface area (Å²) in [7, 11) is 0. The lowest BCUT2D eigenvalue weighted by Crippen LogP contribution is -2.34. The summed E-state index contributed by atoms with van der Waals surface area (Å²) in [6.07, 6.45) is 2.10. The molecule has 0 radical (unpaired) electrons. The van der Waals surface area contributed by atoms with Crippen molar-refractivity contribution in [1.29, 1.82) is 0 Å². The lowest BCUT2D eigenvalue weighted by Gasteiger charge is -2.22. The van der Waals surface area contributed by atoms with Gasteiger partial charge in [0.05, 0.1) is 6.10 Å².